The van der Waals surface area contributed by atoms with E-state index < -0.39 is 0 Å². The van der Waals surface area contributed by atoms with Crippen LogP contribution in [0.3, 0.4) is 0 Å². The average Bonchev–Trinajstić information content (AvgIpc) is 3.01. The van der Waals surface area contributed by atoms with Crippen LogP contribution in [-0.2, 0) is 20.1 Å². The Labute approximate surface area is 110 Å². The lowest BCUT2D eigenvalue weighted by molar-refractivity contribution is 0.673. The van der Waals surface area contributed by atoms with Crippen LogP contribution in [0.4, 0.5) is 0 Å². The predicted molar refractivity (Wildman–Crippen MR) is 72.4 cm³/mol. The molecule has 0 aliphatic carbocycles. The molecule has 2 N–H and O–H groups in total. The van der Waals surface area contributed by atoms with E-state index in [2.05, 4.69) is 37.2 Å². The second-order valence-electron chi connectivity index (χ2n) is 3.66. The van der Waals surface area contributed by atoms with Gasteiger partial charge in [0.05, 0.1) is 13.1 Å². The van der Waals surface area contributed by atoms with Crippen molar-refractivity contribution in [3.8, 4) is 0 Å². The van der Waals surface area contributed by atoms with E-state index in [9.17, 15) is 0 Å². The number of hydrogen-bond acceptors (Lipinski definition) is 4. The van der Waals surface area contributed by atoms with Crippen LogP contribution < -0.4 is 10.6 Å². The van der Waals surface area contributed by atoms with Gasteiger partial charge in [-0.05, 0) is 11.4 Å². The third-order valence-electron chi connectivity index (χ3n) is 2.45. The van der Waals surface area contributed by atoms with Gasteiger partial charge in [-0.15, -0.1) is 11.3 Å². The summed E-state index contributed by atoms with van der Waals surface area (Å²) in [6.45, 7) is 1.37. The zero-order valence-corrected chi connectivity index (χ0v) is 11.2. The fourth-order valence-corrected chi connectivity index (χ4v) is 2.09. The molecule has 0 saturated carbocycles. The zero-order chi connectivity index (χ0) is 12.8. The van der Waals surface area contributed by atoms with Crippen molar-refractivity contribution in [3.05, 3.63) is 34.5 Å². The number of rotatable bonds is 4. The van der Waals surface area contributed by atoms with Gasteiger partial charge in [0, 0.05) is 19.0 Å². The highest BCUT2D eigenvalue weighted by Crippen LogP contribution is 2.07. The van der Waals surface area contributed by atoms with Crippen molar-refractivity contribution < 1.29 is 0 Å². The average molecular weight is 264 g/mol. The summed E-state index contributed by atoms with van der Waals surface area (Å²) in [6, 6.07) is 4.13. The Kier molecular flexibility index (Phi) is 4.30. The van der Waals surface area contributed by atoms with Gasteiger partial charge in [0.15, 0.2) is 5.96 Å². The summed E-state index contributed by atoms with van der Waals surface area (Å²) in [4.78, 5) is 9.57. The molecule has 2 aromatic rings. The van der Waals surface area contributed by atoms with Crippen LogP contribution in [0.15, 0.2) is 28.8 Å². The van der Waals surface area contributed by atoms with Crippen molar-refractivity contribution in [2.75, 3.05) is 7.05 Å². The molecule has 0 bridgehead atoms. The van der Waals surface area contributed by atoms with Crippen molar-refractivity contribution in [2.24, 2.45) is 12.0 Å². The Morgan fingerprint density at radius 3 is 2.89 bits per heavy atom. The fraction of sp³-hybridized carbons (Fsp3) is 0.364. The molecule has 0 aliphatic rings. The molecular weight excluding hydrogens is 248 g/mol. The Morgan fingerprint density at radius 1 is 1.44 bits per heavy atom. The number of aromatic nitrogens is 3. The van der Waals surface area contributed by atoms with Crippen molar-refractivity contribution in [2.45, 2.75) is 13.1 Å². The first-order valence-corrected chi connectivity index (χ1v) is 6.47. The van der Waals surface area contributed by atoms with Crippen molar-refractivity contribution in [1.82, 2.24) is 25.4 Å². The maximum absolute atomic E-state index is 4.16. The SMILES string of the molecule is CN=C(NCc1cccs1)NCc1ncnn1C. The van der Waals surface area contributed by atoms with E-state index in [-0.39, 0.29) is 0 Å². The first-order valence-electron chi connectivity index (χ1n) is 5.59. The molecule has 2 rings (SSSR count). The molecule has 0 unspecified atom stereocenters. The van der Waals surface area contributed by atoms with Crippen molar-refractivity contribution >= 4 is 17.3 Å². The smallest absolute Gasteiger partial charge is 0.191 e. The van der Waals surface area contributed by atoms with E-state index in [4.69, 9.17) is 0 Å². The zero-order valence-electron chi connectivity index (χ0n) is 10.4. The number of aryl methyl sites for hydroxylation is 1. The van der Waals surface area contributed by atoms with E-state index in [1.54, 1.807) is 29.4 Å². The lowest BCUT2D eigenvalue weighted by Gasteiger charge is -2.10. The lowest BCUT2D eigenvalue weighted by Crippen LogP contribution is -2.36. The summed E-state index contributed by atoms with van der Waals surface area (Å²) in [6.07, 6.45) is 1.54. The predicted octanol–water partition coefficient (Wildman–Crippen LogP) is 0.742. The molecule has 0 radical (unpaired) electrons. The highest BCUT2D eigenvalue weighted by atomic mass is 32.1. The van der Waals surface area contributed by atoms with E-state index >= 15 is 0 Å². The van der Waals surface area contributed by atoms with Crippen LogP contribution in [0.5, 0.6) is 0 Å². The molecule has 2 heterocycles. The van der Waals surface area contributed by atoms with E-state index in [1.807, 2.05) is 13.1 Å². The van der Waals surface area contributed by atoms with Crippen molar-refractivity contribution in [3.63, 3.8) is 0 Å². The lowest BCUT2D eigenvalue weighted by atomic mass is 10.4. The molecule has 0 aromatic carbocycles. The summed E-state index contributed by atoms with van der Waals surface area (Å²) in [5, 5.41) is 12.5. The van der Waals surface area contributed by atoms with Gasteiger partial charge in [-0.2, -0.15) is 5.10 Å². The highest BCUT2D eigenvalue weighted by molar-refractivity contribution is 7.09. The number of hydrogen-bond donors (Lipinski definition) is 2. The molecule has 0 spiro atoms. The van der Waals surface area contributed by atoms with Gasteiger partial charge in [0.25, 0.3) is 0 Å². The minimum Gasteiger partial charge on any atom is -0.352 e. The molecule has 18 heavy (non-hydrogen) atoms. The Hall–Kier alpha value is -1.89. The molecule has 2 aromatic heterocycles. The van der Waals surface area contributed by atoms with Gasteiger partial charge >= 0.3 is 0 Å². The molecule has 0 amide bonds. The quantitative estimate of drug-likeness (QED) is 0.631. The maximum Gasteiger partial charge on any atom is 0.191 e. The maximum atomic E-state index is 4.16. The van der Waals surface area contributed by atoms with Crippen LogP contribution in [0.2, 0.25) is 0 Å². The number of guanidine groups is 1. The highest BCUT2D eigenvalue weighted by Gasteiger charge is 2.02. The van der Waals surface area contributed by atoms with E-state index in [0.717, 1.165) is 18.3 Å². The molecule has 0 fully saturated rings. The second-order valence-corrected chi connectivity index (χ2v) is 4.69. The van der Waals surface area contributed by atoms with Gasteiger partial charge in [0.1, 0.15) is 12.2 Å². The summed E-state index contributed by atoms with van der Waals surface area (Å²) in [5.74, 6) is 1.63. The summed E-state index contributed by atoms with van der Waals surface area (Å²) >= 11 is 1.72. The second kappa shape index (κ2) is 6.15. The number of aliphatic imine (C=N–C) groups is 1. The van der Waals surface area contributed by atoms with Crippen LogP contribution >= 0.6 is 11.3 Å². The monoisotopic (exact) mass is 264 g/mol. The summed E-state index contributed by atoms with van der Waals surface area (Å²) < 4.78 is 1.74. The number of nitrogens with zero attached hydrogens (tertiary/aromatic N) is 4. The summed E-state index contributed by atoms with van der Waals surface area (Å²) in [7, 11) is 3.62. The molecular formula is C11H16N6S. The Bertz CT molecular complexity index is 501. The Morgan fingerprint density at radius 2 is 2.28 bits per heavy atom. The molecule has 0 aliphatic heterocycles. The number of thiophene rings is 1. The molecule has 6 nitrogen and oxygen atoms in total. The molecule has 96 valence electrons. The standard InChI is InChI=1S/C11H16N6S/c1-12-11(13-6-9-4-3-5-18-9)14-7-10-15-8-16-17(10)2/h3-5,8H,6-7H2,1-2H3,(H2,12,13,14). The minimum atomic E-state index is 0.598. The fourth-order valence-electron chi connectivity index (χ4n) is 1.45. The minimum absolute atomic E-state index is 0.598. The van der Waals surface area contributed by atoms with Gasteiger partial charge < -0.3 is 10.6 Å². The van der Waals surface area contributed by atoms with Gasteiger partial charge in [0.2, 0.25) is 0 Å². The Balaban J connectivity index is 1.81. The van der Waals surface area contributed by atoms with Gasteiger partial charge in [-0.3, -0.25) is 9.67 Å². The first-order chi connectivity index (χ1) is 8.79. The third kappa shape index (κ3) is 3.30. The van der Waals surface area contributed by atoms with Crippen LogP contribution in [0, 0.1) is 0 Å². The largest absolute Gasteiger partial charge is 0.352 e. The normalized spacial score (nSPS) is 11.6. The van der Waals surface area contributed by atoms with Gasteiger partial charge in [-0.1, -0.05) is 6.07 Å². The summed E-state index contributed by atoms with van der Waals surface area (Å²) in [5.41, 5.74) is 0. The van der Waals surface area contributed by atoms with Crippen LogP contribution in [0.1, 0.15) is 10.7 Å². The first kappa shape index (κ1) is 12.6. The third-order valence-corrected chi connectivity index (χ3v) is 3.33. The topological polar surface area (TPSA) is 67.1 Å². The number of nitrogens with one attached hydrogen (secondary N) is 2. The van der Waals surface area contributed by atoms with Crippen LogP contribution in [0.25, 0.3) is 0 Å². The van der Waals surface area contributed by atoms with Crippen LogP contribution in [-0.4, -0.2) is 27.8 Å². The van der Waals surface area contributed by atoms with Crippen molar-refractivity contribution in [1.29, 1.82) is 0 Å². The molecule has 0 saturated heterocycles. The molecule has 7 heteroatoms. The van der Waals surface area contributed by atoms with Gasteiger partial charge in [-0.25, -0.2) is 4.98 Å². The molecule has 0 atom stereocenters. The van der Waals surface area contributed by atoms with E-state index in [0.29, 0.717) is 6.54 Å². The van der Waals surface area contributed by atoms with E-state index in [1.165, 1.54) is 4.88 Å².